The predicted octanol–water partition coefficient (Wildman–Crippen LogP) is 2.09. The van der Waals surface area contributed by atoms with E-state index in [1.165, 1.54) is 19.1 Å². The molecule has 2 amide bonds. The third-order valence-corrected chi connectivity index (χ3v) is 3.98. The smallest absolute Gasteiger partial charge is 0.410 e. The molecule has 1 unspecified atom stereocenters. The number of amides is 2. The Morgan fingerprint density at radius 1 is 1.17 bits per heavy atom. The molecule has 1 fully saturated rings. The summed E-state index contributed by atoms with van der Waals surface area (Å²) in [4.78, 5) is 37.3. The van der Waals surface area contributed by atoms with Gasteiger partial charge in [0.15, 0.2) is 0 Å². The van der Waals surface area contributed by atoms with Crippen molar-refractivity contribution in [2.24, 2.45) is 5.92 Å². The zero-order valence-corrected chi connectivity index (χ0v) is 15.4. The number of carbonyl (C=O) groups excluding carboxylic acids is 3. The summed E-state index contributed by atoms with van der Waals surface area (Å²) < 4.78 is 10.0. The fourth-order valence-electron chi connectivity index (χ4n) is 2.80. The van der Waals surface area contributed by atoms with E-state index < -0.39 is 29.6 Å². The van der Waals surface area contributed by atoms with Crippen molar-refractivity contribution in [1.29, 1.82) is 0 Å². The molecule has 24 heavy (non-hydrogen) atoms. The van der Waals surface area contributed by atoms with E-state index in [1.807, 2.05) is 0 Å². The van der Waals surface area contributed by atoms with Crippen LogP contribution in [0.15, 0.2) is 0 Å². The quantitative estimate of drug-likeness (QED) is 0.773. The maximum absolute atomic E-state index is 12.2. The van der Waals surface area contributed by atoms with E-state index in [-0.39, 0.29) is 12.5 Å². The average molecular weight is 342 g/mol. The number of nitrogens with zero attached hydrogens (tertiary/aromatic N) is 1. The van der Waals surface area contributed by atoms with Gasteiger partial charge in [0.05, 0.1) is 7.11 Å². The molecule has 7 nitrogen and oxygen atoms in total. The topological polar surface area (TPSA) is 84.9 Å². The standard InChI is InChI=1S/C17H30N2O5/c1-17(2,3)24-16(22)19(4)11-13(20)18-14(15(21)23-5)12-9-7-6-8-10-12/h12,14H,6-11H2,1-5H3,(H,18,20). The van der Waals surface area contributed by atoms with Crippen molar-refractivity contribution in [2.45, 2.75) is 64.5 Å². The maximum Gasteiger partial charge on any atom is 0.410 e. The van der Waals surface area contributed by atoms with Gasteiger partial charge in [0, 0.05) is 7.05 Å². The first-order valence-electron chi connectivity index (χ1n) is 8.45. The SMILES string of the molecule is COC(=O)C(NC(=O)CN(C)C(=O)OC(C)(C)C)C1CCCCC1. The molecule has 1 rings (SSSR count). The number of carbonyl (C=O) groups is 3. The molecule has 1 aliphatic carbocycles. The van der Waals surface area contributed by atoms with Crippen LogP contribution < -0.4 is 5.32 Å². The Labute approximate surface area is 144 Å². The third-order valence-electron chi connectivity index (χ3n) is 3.98. The van der Waals surface area contributed by atoms with Gasteiger partial charge in [0.25, 0.3) is 0 Å². The van der Waals surface area contributed by atoms with Crippen molar-refractivity contribution in [3.63, 3.8) is 0 Å². The number of likely N-dealkylation sites (N-methyl/N-ethyl adjacent to an activating group) is 1. The highest BCUT2D eigenvalue weighted by Gasteiger charge is 2.32. The van der Waals surface area contributed by atoms with E-state index in [1.54, 1.807) is 20.8 Å². The molecule has 1 atom stereocenters. The van der Waals surface area contributed by atoms with Gasteiger partial charge < -0.3 is 19.7 Å². The monoisotopic (exact) mass is 342 g/mol. The Bertz CT molecular complexity index is 452. The number of nitrogens with one attached hydrogen (secondary N) is 1. The van der Waals surface area contributed by atoms with Crippen LogP contribution in [0.25, 0.3) is 0 Å². The molecule has 0 aromatic heterocycles. The Hall–Kier alpha value is -1.79. The van der Waals surface area contributed by atoms with E-state index in [2.05, 4.69) is 5.32 Å². The molecular weight excluding hydrogens is 312 g/mol. The maximum atomic E-state index is 12.2. The van der Waals surface area contributed by atoms with Crippen LogP contribution in [0.1, 0.15) is 52.9 Å². The van der Waals surface area contributed by atoms with Gasteiger partial charge in [-0.15, -0.1) is 0 Å². The highest BCUT2D eigenvalue weighted by atomic mass is 16.6. The molecular formula is C17H30N2O5. The molecule has 0 aromatic carbocycles. The molecule has 0 saturated heterocycles. The summed E-state index contributed by atoms with van der Waals surface area (Å²) in [5.74, 6) is -0.749. The summed E-state index contributed by atoms with van der Waals surface area (Å²) in [5, 5.41) is 2.72. The summed E-state index contributed by atoms with van der Waals surface area (Å²) in [6, 6.07) is -0.658. The third kappa shape index (κ3) is 6.76. The molecule has 7 heteroatoms. The number of methoxy groups -OCH3 is 1. The van der Waals surface area contributed by atoms with Gasteiger partial charge in [-0.25, -0.2) is 9.59 Å². The lowest BCUT2D eigenvalue weighted by molar-refractivity contribution is -0.147. The van der Waals surface area contributed by atoms with Crippen molar-refractivity contribution >= 4 is 18.0 Å². The highest BCUT2D eigenvalue weighted by Crippen LogP contribution is 2.27. The number of rotatable bonds is 5. The lowest BCUT2D eigenvalue weighted by Gasteiger charge is -2.30. The van der Waals surface area contributed by atoms with Gasteiger partial charge >= 0.3 is 12.1 Å². The first kappa shape index (κ1) is 20.3. The first-order valence-corrected chi connectivity index (χ1v) is 8.45. The minimum atomic E-state index is -0.658. The highest BCUT2D eigenvalue weighted by molar-refractivity contribution is 5.87. The zero-order valence-electron chi connectivity index (χ0n) is 15.4. The lowest BCUT2D eigenvalue weighted by atomic mass is 9.84. The average Bonchev–Trinajstić information content (AvgIpc) is 2.51. The minimum absolute atomic E-state index is 0.0852. The second kappa shape index (κ2) is 8.89. The van der Waals surface area contributed by atoms with Crippen molar-refractivity contribution in [3.05, 3.63) is 0 Å². The normalized spacial score (nSPS) is 16.9. The molecule has 1 aliphatic rings. The number of ether oxygens (including phenoxy) is 2. The summed E-state index contributed by atoms with van der Waals surface area (Å²) in [7, 11) is 2.80. The van der Waals surface area contributed by atoms with Crippen molar-refractivity contribution in [2.75, 3.05) is 20.7 Å². The van der Waals surface area contributed by atoms with Crippen LogP contribution in [-0.2, 0) is 19.1 Å². The largest absolute Gasteiger partial charge is 0.467 e. The van der Waals surface area contributed by atoms with Gasteiger partial charge in [0.2, 0.25) is 5.91 Å². The Kier molecular flexibility index (Phi) is 7.51. The summed E-state index contributed by atoms with van der Waals surface area (Å²) in [5.41, 5.74) is -0.627. The van der Waals surface area contributed by atoms with Crippen LogP contribution in [0.2, 0.25) is 0 Å². The molecule has 0 radical (unpaired) electrons. The summed E-state index contributed by atoms with van der Waals surface area (Å²) >= 11 is 0. The minimum Gasteiger partial charge on any atom is -0.467 e. The van der Waals surface area contributed by atoms with Crippen molar-refractivity contribution in [3.8, 4) is 0 Å². The molecule has 0 aromatic rings. The van der Waals surface area contributed by atoms with E-state index in [0.29, 0.717) is 0 Å². The van der Waals surface area contributed by atoms with Crippen LogP contribution in [-0.4, -0.2) is 55.2 Å². The molecule has 0 bridgehead atoms. The second-order valence-electron chi connectivity index (χ2n) is 7.30. The fraction of sp³-hybridized carbons (Fsp3) is 0.824. The van der Waals surface area contributed by atoms with Gasteiger partial charge in [0.1, 0.15) is 18.2 Å². The van der Waals surface area contributed by atoms with Crippen molar-refractivity contribution in [1.82, 2.24) is 10.2 Å². The van der Waals surface area contributed by atoms with E-state index in [4.69, 9.17) is 9.47 Å². The van der Waals surface area contributed by atoms with E-state index in [9.17, 15) is 14.4 Å². The van der Waals surface area contributed by atoms with Gasteiger partial charge in [-0.2, -0.15) is 0 Å². The Morgan fingerprint density at radius 3 is 2.25 bits per heavy atom. The second-order valence-corrected chi connectivity index (χ2v) is 7.30. The van der Waals surface area contributed by atoms with E-state index in [0.717, 1.165) is 32.1 Å². The van der Waals surface area contributed by atoms with Crippen LogP contribution in [0.5, 0.6) is 0 Å². The van der Waals surface area contributed by atoms with Gasteiger partial charge in [-0.05, 0) is 39.5 Å². The number of hydrogen-bond acceptors (Lipinski definition) is 5. The Morgan fingerprint density at radius 2 is 1.75 bits per heavy atom. The molecule has 0 aliphatic heterocycles. The summed E-state index contributed by atoms with van der Waals surface area (Å²) in [6.07, 6.45) is 4.45. The molecule has 0 spiro atoms. The van der Waals surface area contributed by atoms with Crippen LogP contribution in [0.3, 0.4) is 0 Å². The zero-order chi connectivity index (χ0) is 18.3. The van der Waals surface area contributed by atoms with Crippen LogP contribution in [0, 0.1) is 5.92 Å². The van der Waals surface area contributed by atoms with E-state index >= 15 is 0 Å². The van der Waals surface area contributed by atoms with Crippen molar-refractivity contribution < 1.29 is 23.9 Å². The Balaban J connectivity index is 2.61. The lowest BCUT2D eigenvalue weighted by Crippen LogP contribution is -2.50. The number of hydrogen-bond donors (Lipinski definition) is 1. The molecule has 1 N–H and O–H groups in total. The number of esters is 1. The predicted molar refractivity (Wildman–Crippen MR) is 89.4 cm³/mol. The fourth-order valence-corrected chi connectivity index (χ4v) is 2.80. The van der Waals surface area contributed by atoms with Crippen LogP contribution in [0.4, 0.5) is 4.79 Å². The van der Waals surface area contributed by atoms with Gasteiger partial charge in [-0.1, -0.05) is 19.3 Å². The summed E-state index contributed by atoms with van der Waals surface area (Å²) in [6.45, 7) is 5.11. The first-order chi connectivity index (χ1) is 11.1. The molecule has 0 heterocycles. The van der Waals surface area contributed by atoms with Gasteiger partial charge in [-0.3, -0.25) is 4.79 Å². The molecule has 1 saturated carbocycles. The van der Waals surface area contributed by atoms with Crippen LogP contribution >= 0.6 is 0 Å². The molecule has 138 valence electrons.